The zero-order valence-electron chi connectivity index (χ0n) is 21.8. The van der Waals surface area contributed by atoms with Crippen LogP contribution < -0.4 is 4.72 Å². The van der Waals surface area contributed by atoms with Gasteiger partial charge in [0.2, 0.25) is 0 Å². The maximum atomic E-state index is 13.4. The Kier molecular flexibility index (Phi) is 8.84. The Bertz CT molecular complexity index is 1530. The van der Waals surface area contributed by atoms with Crippen molar-refractivity contribution < 1.29 is 17.6 Å². The average Bonchev–Trinajstić information content (AvgIpc) is 2.92. The lowest BCUT2D eigenvalue weighted by atomic mass is 10.1. The Morgan fingerprint density at radius 3 is 2.51 bits per heavy atom. The number of hydrogen-bond donors (Lipinski definition) is 1. The number of carbonyl (C=O) groups excluding carboxylic acids is 1. The summed E-state index contributed by atoms with van der Waals surface area (Å²) >= 11 is 5.89. The molecule has 1 fully saturated rings. The summed E-state index contributed by atoms with van der Waals surface area (Å²) in [4.78, 5) is 21.1. The van der Waals surface area contributed by atoms with E-state index in [0.29, 0.717) is 55.1 Å². The van der Waals surface area contributed by atoms with Gasteiger partial charge in [-0.2, -0.15) is 0 Å². The smallest absolute Gasteiger partial charge is 0.264 e. The van der Waals surface area contributed by atoms with Crippen molar-refractivity contribution in [2.24, 2.45) is 4.99 Å². The number of sulfonamides is 1. The molecule has 1 heterocycles. The molecule has 1 amide bonds. The highest BCUT2D eigenvalue weighted by atomic mass is 35.5. The van der Waals surface area contributed by atoms with Crippen molar-refractivity contribution in [1.29, 1.82) is 0 Å². The molecule has 39 heavy (non-hydrogen) atoms. The number of benzene rings is 3. The monoisotopic (exact) mass is 568 g/mol. The van der Waals surface area contributed by atoms with Crippen LogP contribution >= 0.6 is 11.6 Å². The van der Waals surface area contributed by atoms with E-state index < -0.39 is 15.8 Å². The van der Waals surface area contributed by atoms with Gasteiger partial charge >= 0.3 is 0 Å². The molecule has 0 aliphatic carbocycles. The first-order valence-electron chi connectivity index (χ1n) is 12.4. The lowest BCUT2D eigenvalue weighted by molar-refractivity contribution is 0.0628. The van der Waals surface area contributed by atoms with Gasteiger partial charge in [-0.25, -0.2) is 12.8 Å². The number of nitrogens with zero attached hydrogens (tertiary/aromatic N) is 3. The third-order valence-electron chi connectivity index (χ3n) is 6.59. The topological polar surface area (TPSA) is 82.1 Å². The van der Waals surface area contributed by atoms with E-state index in [9.17, 15) is 17.6 Å². The summed E-state index contributed by atoms with van der Waals surface area (Å²) < 4.78 is 42.5. The quantitative estimate of drug-likeness (QED) is 0.342. The molecule has 3 aromatic carbocycles. The number of aliphatic imine (C=N–C) groups is 1. The van der Waals surface area contributed by atoms with Crippen LogP contribution in [-0.2, 0) is 16.6 Å². The highest BCUT2D eigenvalue weighted by Crippen LogP contribution is 2.31. The zero-order valence-corrected chi connectivity index (χ0v) is 23.4. The fourth-order valence-electron chi connectivity index (χ4n) is 4.54. The van der Waals surface area contributed by atoms with Crippen LogP contribution in [0.25, 0.3) is 6.08 Å². The summed E-state index contributed by atoms with van der Waals surface area (Å²) in [6.45, 7) is 10.2. The highest BCUT2D eigenvalue weighted by molar-refractivity contribution is 7.92. The molecule has 10 heteroatoms. The molecule has 1 aliphatic rings. The second kappa shape index (κ2) is 12.1. The second-order valence-electron chi connectivity index (χ2n) is 9.30. The molecular weight excluding hydrogens is 539 g/mol. The summed E-state index contributed by atoms with van der Waals surface area (Å²) in [5.74, 6) is -0.559. The average molecular weight is 569 g/mol. The van der Waals surface area contributed by atoms with Crippen LogP contribution in [-0.4, -0.2) is 57.0 Å². The molecular formula is C29H30ClFN4O3S. The van der Waals surface area contributed by atoms with Crippen molar-refractivity contribution in [2.45, 2.75) is 25.3 Å². The Morgan fingerprint density at radius 2 is 1.87 bits per heavy atom. The van der Waals surface area contributed by atoms with Crippen LogP contribution in [0, 0.1) is 12.7 Å². The molecule has 1 N–H and O–H groups in total. The first-order valence-corrected chi connectivity index (χ1v) is 14.3. The molecule has 3 aromatic rings. The minimum Gasteiger partial charge on any atom is -0.336 e. The number of allylic oxidation sites excluding steroid dienone is 1. The molecule has 0 aromatic heterocycles. The number of amides is 1. The van der Waals surface area contributed by atoms with Crippen LogP contribution in [0.3, 0.4) is 0 Å². The molecule has 0 spiro atoms. The van der Waals surface area contributed by atoms with E-state index in [2.05, 4.69) is 21.3 Å². The Balaban J connectivity index is 1.42. The Labute approximate surface area is 233 Å². The predicted molar refractivity (Wildman–Crippen MR) is 155 cm³/mol. The van der Waals surface area contributed by atoms with Crippen molar-refractivity contribution in [3.8, 4) is 0 Å². The third kappa shape index (κ3) is 6.55. The molecule has 7 nitrogen and oxygen atoms in total. The van der Waals surface area contributed by atoms with Gasteiger partial charge < -0.3 is 4.90 Å². The third-order valence-corrected chi connectivity index (χ3v) is 8.28. The molecule has 204 valence electrons. The number of nitrogens with one attached hydrogen (secondary N) is 1. The van der Waals surface area contributed by atoms with Gasteiger partial charge in [-0.1, -0.05) is 42.0 Å². The van der Waals surface area contributed by atoms with Gasteiger partial charge in [0.1, 0.15) is 10.7 Å². The Hall–Kier alpha value is -3.53. The molecule has 0 unspecified atom stereocenters. The van der Waals surface area contributed by atoms with Gasteiger partial charge in [0.25, 0.3) is 15.9 Å². The van der Waals surface area contributed by atoms with E-state index >= 15 is 0 Å². The molecule has 4 rings (SSSR count). The SMILES string of the molecule is C=Nc1c(/C=C\C)cccc1S(=O)(=O)Nc1ccc(C(=O)N2CCN(Cc3ccc(F)c(Cl)c3)CC2)cc1C. The first-order chi connectivity index (χ1) is 18.6. The maximum Gasteiger partial charge on any atom is 0.264 e. The standard InChI is InChI=1S/C29H30ClFN4O3S/c1-4-6-22-7-5-8-27(28(22)32-3)39(37,38)33-26-12-10-23(17-20(26)2)29(36)35-15-13-34(14-16-35)19-21-9-11-25(31)24(30)18-21/h4-12,17-18,33H,3,13-16,19H2,1-2H3/b6-4-. The number of aryl methyl sites for hydroxylation is 1. The second-order valence-corrected chi connectivity index (χ2v) is 11.4. The number of rotatable bonds is 8. The van der Waals surface area contributed by atoms with Crippen molar-refractivity contribution in [3.05, 3.63) is 93.8 Å². The fourth-order valence-corrected chi connectivity index (χ4v) is 6.06. The number of para-hydroxylation sites is 1. The molecule has 1 saturated heterocycles. The molecule has 0 atom stereocenters. The van der Waals surface area contributed by atoms with Crippen LogP contribution in [0.4, 0.5) is 15.8 Å². The number of anilines is 1. The molecule has 0 radical (unpaired) electrons. The van der Waals surface area contributed by atoms with Gasteiger partial charge in [0.05, 0.1) is 16.4 Å². The van der Waals surface area contributed by atoms with E-state index in [4.69, 9.17) is 11.6 Å². The van der Waals surface area contributed by atoms with E-state index in [1.54, 1.807) is 66.4 Å². The van der Waals surface area contributed by atoms with Crippen LogP contribution in [0.1, 0.15) is 34.0 Å². The number of piperazine rings is 1. The molecule has 1 aliphatic heterocycles. The predicted octanol–water partition coefficient (Wildman–Crippen LogP) is 5.91. The van der Waals surface area contributed by atoms with Crippen molar-refractivity contribution >= 4 is 51.7 Å². The number of halogens is 2. The van der Waals surface area contributed by atoms with Gasteiger partial charge in [-0.05, 0) is 68.1 Å². The van der Waals surface area contributed by atoms with Crippen molar-refractivity contribution in [3.63, 3.8) is 0 Å². The summed E-state index contributed by atoms with van der Waals surface area (Å²) in [5.41, 5.74) is 3.32. The van der Waals surface area contributed by atoms with Gasteiger partial charge in [0.15, 0.2) is 0 Å². The summed E-state index contributed by atoms with van der Waals surface area (Å²) in [7, 11) is -3.96. The molecule has 0 saturated carbocycles. The largest absolute Gasteiger partial charge is 0.336 e. The van der Waals surface area contributed by atoms with E-state index in [1.165, 1.54) is 12.1 Å². The van der Waals surface area contributed by atoms with E-state index in [1.807, 2.05) is 6.92 Å². The highest BCUT2D eigenvalue weighted by Gasteiger charge is 2.24. The minimum absolute atomic E-state index is 0.0217. The Morgan fingerprint density at radius 1 is 1.13 bits per heavy atom. The lowest BCUT2D eigenvalue weighted by Gasteiger charge is -2.35. The van der Waals surface area contributed by atoms with Gasteiger partial charge in [-0.15, -0.1) is 0 Å². The fraction of sp³-hybridized carbons (Fsp3) is 0.241. The van der Waals surface area contributed by atoms with E-state index in [-0.39, 0.29) is 21.5 Å². The number of carbonyl (C=O) groups is 1. The van der Waals surface area contributed by atoms with Crippen LogP contribution in [0.15, 0.2) is 70.6 Å². The van der Waals surface area contributed by atoms with E-state index in [0.717, 1.165) is 5.56 Å². The van der Waals surface area contributed by atoms with Crippen LogP contribution in [0.2, 0.25) is 5.02 Å². The van der Waals surface area contributed by atoms with Gasteiger partial charge in [0, 0.05) is 43.9 Å². The summed E-state index contributed by atoms with van der Waals surface area (Å²) in [6, 6.07) is 14.5. The minimum atomic E-state index is -3.96. The van der Waals surface area contributed by atoms with Crippen molar-refractivity contribution in [1.82, 2.24) is 9.80 Å². The normalized spacial score (nSPS) is 14.5. The number of hydrogen-bond acceptors (Lipinski definition) is 5. The van der Waals surface area contributed by atoms with Crippen molar-refractivity contribution in [2.75, 3.05) is 30.9 Å². The maximum absolute atomic E-state index is 13.4. The van der Waals surface area contributed by atoms with Gasteiger partial charge in [-0.3, -0.25) is 19.4 Å². The van der Waals surface area contributed by atoms with Crippen LogP contribution in [0.5, 0.6) is 0 Å². The lowest BCUT2D eigenvalue weighted by Crippen LogP contribution is -2.48. The molecule has 0 bridgehead atoms. The summed E-state index contributed by atoms with van der Waals surface area (Å²) in [6.07, 6.45) is 3.57. The summed E-state index contributed by atoms with van der Waals surface area (Å²) in [5, 5.41) is 0.0994. The first kappa shape index (κ1) is 28.5. The zero-order chi connectivity index (χ0) is 28.2.